The Labute approximate surface area is 129 Å². The summed E-state index contributed by atoms with van der Waals surface area (Å²) < 4.78 is 1.03. The van der Waals surface area contributed by atoms with E-state index in [1.54, 1.807) is 0 Å². The summed E-state index contributed by atoms with van der Waals surface area (Å²) in [6.45, 7) is 2.96. The van der Waals surface area contributed by atoms with E-state index in [0.717, 1.165) is 40.7 Å². The van der Waals surface area contributed by atoms with Gasteiger partial charge in [-0.2, -0.15) is 0 Å². The highest BCUT2D eigenvalue weighted by molar-refractivity contribution is 9.10. The van der Waals surface area contributed by atoms with Crippen molar-refractivity contribution in [3.63, 3.8) is 0 Å². The van der Waals surface area contributed by atoms with Crippen molar-refractivity contribution in [1.82, 2.24) is 10.2 Å². The minimum absolute atomic E-state index is 0.804. The van der Waals surface area contributed by atoms with Crippen molar-refractivity contribution >= 4 is 27.5 Å². The third-order valence-electron chi connectivity index (χ3n) is 3.92. The van der Waals surface area contributed by atoms with Crippen LogP contribution in [0.25, 0.3) is 0 Å². The predicted molar refractivity (Wildman–Crippen MR) is 85.7 cm³/mol. The molecule has 1 aromatic carbocycles. The first kappa shape index (κ1) is 15.3. The van der Waals surface area contributed by atoms with Crippen molar-refractivity contribution in [3.8, 4) is 0 Å². The van der Waals surface area contributed by atoms with Gasteiger partial charge in [-0.05, 0) is 37.6 Å². The van der Waals surface area contributed by atoms with Gasteiger partial charge in [-0.15, -0.1) is 0 Å². The molecule has 2 nitrogen and oxygen atoms in total. The summed E-state index contributed by atoms with van der Waals surface area (Å²) in [5.74, 6) is 0. The highest BCUT2D eigenvalue weighted by Crippen LogP contribution is 2.22. The summed E-state index contributed by atoms with van der Waals surface area (Å²) in [7, 11) is 2.24. The summed E-state index contributed by atoms with van der Waals surface area (Å²) in [5, 5.41) is 4.30. The van der Waals surface area contributed by atoms with Crippen LogP contribution in [0.4, 0.5) is 0 Å². The monoisotopic (exact) mass is 344 g/mol. The van der Waals surface area contributed by atoms with Gasteiger partial charge in [0.05, 0.1) is 0 Å². The van der Waals surface area contributed by atoms with Crippen LogP contribution in [-0.4, -0.2) is 31.1 Å². The third-order valence-corrected chi connectivity index (χ3v) is 4.76. The number of likely N-dealkylation sites (N-methyl/N-ethyl adjacent to an activating group) is 1. The molecule has 0 amide bonds. The van der Waals surface area contributed by atoms with E-state index < -0.39 is 0 Å². The molecule has 1 N–H and O–H groups in total. The lowest BCUT2D eigenvalue weighted by molar-refractivity contribution is 0.245. The molecule has 1 fully saturated rings. The number of nitrogens with zero attached hydrogens (tertiary/aromatic N) is 1. The Morgan fingerprint density at radius 3 is 2.79 bits per heavy atom. The van der Waals surface area contributed by atoms with Gasteiger partial charge in [0.15, 0.2) is 0 Å². The van der Waals surface area contributed by atoms with E-state index in [1.165, 1.54) is 25.7 Å². The summed E-state index contributed by atoms with van der Waals surface area (Å²) in [6, 6.07) is 6.86. The first-order valence-electron chi connectivity index (χ1n) is 7.01. The highest BCUT2D eigenvalue weighted by Gasteiger charge is 2.18. The van der Waals surface area contributed by atoms with Gasteiger partial charge in [0.2, 0.25) is 0 Å². The van der Waals surface area contributed by atoms with Gasteiger partial charge in [0.25, 0.3) is 0 Å². The largest absolute Gasteiger partial charge is 0.311 e. The summed E-state index contributed by atoms with van der Waals surface area (Å²) in [4.78, 5) is 2.49. The second-order valence-corrected chi connectivity index (χ2v) is 6.65. The summed E-state index contributed by atoms with van der Waals surface area (Å²) in [5.41, 5.74) is 1.16. The number of benzene rings is 1. The zero-order chi connectivity index (χ0) is 13.7. The van der Waals surface area contributed by atoms with Crippen LogP contribution in [0.2, 0.25) is 5.02 Å². The molecular formula is C15H22BrClN2. The second kappa shape index (κ2) is 7.63. The van der Waals surface area contributed by atoms with E-state index in [4.69, 9.17) is 11.6 Å². The molecular weight excluding hydrogens is 324 g/mol. The Hall–Kier alpha value is -0.0900. The highest BCUT2D eigenvalue weighted by atomic mass is 79.9. The van der Waals surface area contributed by atoms with Crippen LogP contribution in [0.3, 0.4) is 0 Å². The normalized spacial score (nSPS) is 16.4. The Morgan fingerprint density at radius 2 is 2.11 bits per heavy atom. The lowest BCUT2D eigenvalue weighted by Crippen LogP contribution is -2.35. The molecule has 0 unspecified atom stereocenters. The van der Waals surface area contributed by atoms with E-state index in [1.807, 2.05) is 12.1 Å². The van der Waals surface area contributed by atoms with Crippen LogP contribution < -0.4 is 5.32 Å². The standard InChI is InChI=1S/C15H22BrClN2/c1-19(14-4-2-3-5-14)9-8-18-11-12-6-7-13(16)10-15(12)17/h6-7,10,14,18H,2-5,8-9,11H2,1H3. The summed E-state index contributed by atoms with van der Waals surface area (Å²) in [6.07, 6.45) is 5.54. The van der Waals surface area contributed by atoms with Gasteiger partial charge >= 0.3 is 0 Å². The molecule has 2 rings (SSSR count). The third kappa shape index (κ3) is 4.75. The van der Waals surface area contributed by atoms with Crippen molar-refractivity contribution < 1.29 is 0 Å². The summed E-state index contributed by atoms with van der Waals surface area (Å²) >= 11 is 9.62. The lowest BCUT2D eigenvalue weighted by atomic mass is 10.2. The number of hydrogen-bond donors (Lipinski definition) is 1. The molecule has 0 spiro atoms. The molecule has 19 heavy (non-hydrogen) atoms. The lowest BCUT2D eigenvalue weighted by Gasteiger charge is -2.24. The fourth-order valence-electron chi connectivity index (χ4n) is 2.67. The molecule has 0 atom stereocenters. The molecule has 1 aliphatic carbocycles. The van der Waals surface area contributed by atoms with E-state index >= 15 is 0 Å². The molecule has 0 heterocycles. The fraction of sp³-hybridized carbons (Fsp3) is 0.600. The molecule has 0 aromatic heterocycles. The SMILES string of the molecule is CN(CCNCc1ccc(Br)cc1Cl)C1CCCC1. The zero-order valence-corrected chi connectivity index (χ0v) is 13.8. The van der Waals surface area contributed by atoms with Crippen LogP contribution in [0.1, 0.15) is 31.2 Å². The molecule has 0 aliphatic heterocycles. The molecule has 4 heteroatoms. The van der Waals surface area contributed by atoms with Crippen molar-refractivity contribution in [3.05, 3.63) is 33.3 Å². The Balaban J connectivity index is 1.68. The van der Waals surface area contributed by atoms with E-state index in [9.17, 15) is 0 Å². The number of rotatable bonds is 6. The van der Waals surface area contributed by atoms with E-state index in [-0.39, 0.29) is 0 Å². The van der Waals surface area contributed by atoms with Crippen LogP contribution in [-0.2, 0) is 6.54 Å². The number of nitrogens with one attached hydrogen (secondary N) is 1. The fourth-order valence-corrected chi connectivity index (χ4v) is 3.41. The molecule has 1 aromatic rings. The van der Waals surface area contributed by atoms with Gasteiger partial charge in [-0.25, -0.2) is 0 Å². The first-order chi connectivity index (χ1) is 9.16. The maximum atomic E-state index is 6.19. The molecule has 1 aliphatic rings. The van der Waals surface area contributed by atoms with Crippen LogP contribution in [0, 0.1) is 0 Å². The van der Waals surface area contributed by atoms with Crippen LogP contribution in [0.5, 0.6) is 0 Å². The van der Waals surface area contributed by atoms with Crippen molar-refractivity contribution in [2.75, 3.05) is 20.1 Å². The molecule has 106 valence electrons. The Morgan fingerprint density at radius 1 is 1.37 bits per heavy atom. The molecule has 1 saturated carbocycles. The average molecular weight is 346 g/mol. The zero-order valence-electron chi connectivity index (χ0n) is 11.5. The van der Waals surface area contributed by atoms with Crippen molar-refractivity contribution in [2.24, 2.45) is 0 Å². The van der Waals surface area contributed by atoms with Gasteiger partial charge in [-0.3, -0.25) is 0 Å². The van der Waals surface area contributed by atoms with Crippen LogP contribution >= 0.6 is 27.5 Å². The van der Waals surface area contributed by atoms with Crippen molar-refractivity contribution in [2.45, 2.75) is 38.3 Å². The first-order valence-corrected chi connectivity index (χ1v) is 8.19. The molecule has 0 radical (unpaired) electrons. The van der Waals surface area contributed by atoms with E-state index in [2.05, 4.69) is 39.3 Å². The number of halogens is 2. The van der Waals surface area contributed by atoms with Crippen LogP contribution in [0.15, 0.2) is 22.7 Å². The Bertz CT molecular complexity index is 405. The van der Waals surface area contributed by atoms with E-state index in [0.29, 0.717) is 0 Å². The van der Waals surface area contributed by atoms with Crippen molar-refractivity contribution in [1.29, 1.82) is 0 Å². The maximum Gasteiger partial charge on any atom is 0.0462 e. The topological polar surface area (TPSA) is 15.3 Å². The average Bonchev–Trinajstić information content (AvgIpc) is 2.90. The maximum absolute atomic E-state index is 6.19. The Kier molecular flexibility index (Phi) is 6.14. The minimum Gasteiger partial charge on any atom is -0.311 e. The van der Waals surface area contributed by atoms with Gasteiger partial charge < -0.3 is 10.2 Å². The van der Waals surface area contributed by atoms with Gasteiger partial charge in [0.1, 0.15) is 0 Å². The van der Waals surface area contributed by atoms with Gasteiger partial charge in [-0.1, -0.05) is 46.4 Å². The predicted octanol–water partition coefficient (Wildman–Crippen LogP) is 4.07. The van der Waals surface area contributed by atoms with Gasteiger partial charge in [0, 0.05) is 35.2 Å². The minimum atomic E-state index is 0.804. The quantitative estimate of drug-likeness (QED) is 0.782. The molecule has 0 saturated heterocycles. The number of hydrogen-bond acceptors (Lipinski definition) is 2. The second-order valence-electron chi connectivity index (χ2n) is 5.33. The smallest absolute Gasteiger partial charge is 0.0462 e. The molecule has 0 bridgehead atoms.